The molecule has 0 aliphatic carbocycles. The number of rotatable bonds is 4. The lowest BCUT2D eigenvalue weighted by atomic mass is 10.2. The average molecular weight is 135 g/mol. The third-order valence-corrected chi connectivity index (χ3v) is 1.25. The summed E-state index contributed by atoms with van der Waals surface area (Å²) in [5.41, 5.74) is 0. The normalized spacial score (nSPS) is 7.60. The van der Waals surface area contributed by atoms with Gasteiger partial charge in [0.05, 0.1) is 0 Å². The highest BCUT2D eigenvalue weighted by Crippen LogP contribution is 1.98. The maximum absolute atomic E-state index is 6.52. The standard InChI is InChI=1S/C9H13N/c1-3-4-5-6-7-8-9-10-2/h5-9H2,1H3. The first-order valence-corrected chi connectivity index (χ1v) is 3.64. The highest BCUT2D eigenvalue weighted by Gasteiger charge is 1.87. The molecule has 0 rings (SSSR count). The van der Waals surface area contributed by atoms with Gasteiger partial charge in [0.1, 0.15) is 0 Å². The van der Waals surface area contributed by atoms with E-state index in [-0.39, 0.29) is 0 Å². The van der Waals surface area contributed by atoms with E-state index in [1.165, 1.54) is 0 Å². The lowest BCUT2D eigenvalue weighted by molar-refractivity contribution is 0.726. The molecule has 0 bridgehead atoms. The Morgan fingerprint density at radius 1 is 1.30 bits per heavy atom. The molecule has 0 aliphatic rings. The van der Waals surface area contributed by atoms with Gasteiger partial charge >= 0.3 is 0 Å². The minimum Gasteiger partial charge on any atom is -0.317 e. The van der Waals surface area contributed by atoms with E-state index in [9.17, 15) is 0 Å². The molecule has 0 aromatic carbocycles. The Hall–Kier alpha value is -0.950. The van der Waals surface area contributed by atoms with Crippen LogP contribution in [0.1, 0.15) is 32.6 Å². The molecule has 0 heterocycles. The van der Waals surface area contributed by atoms with E-state index in [1.807, 2.05) is 6.92 Å². The van der Waals surface area contributed by atoms with Crippen molar-refractivity contribution in [2.24, 2.45) is 0 Å². The van der Waals surface area contributed by atoms with Crippen molar-refractivity contribution in [1.82, 2.24) is 0 Å². The Balaban J connectivity index is 2.90. The van der Waals surface area contributed by atoms with Crippen molar-refractivity contribution in [3.8, 4) is 11.8 Å². The summed E-state index contributed by atoms with van der Waals surface area (Å²) in [5.74, 6) is 5.85. The van der Waals surface area contributed by atoms with Crippen molar-refractivity contribution in [2.75, 3.05) is 6.54 Å². The highest BCUT2D eigenvalue weighted by molar-refractivity contribution is 4.94. The molecule has 0 N–H and O–H groups in total. The van der Waals surface area contributed by atoms with E-state index >= 15 is 0 Å². The number of hydrogen-bond acceptors (Lipinski definition) is 0. The smallest absolute Gasteiger partial charge is 0.214 e. The largest absolute Gasteiger partial charge is 0.317 e. The van der Waals surface area contributed by atoms with Gasteiger partial charge in [-0.3, -0.25) is 0 Å². The van der Waals surface area contributed by atoms with Gasteiger partial charge in [0, 0.05) is 12.8 Å². The van der Waals surface area contributed by atoms with E-state index in [1.54, 1.807) is 0 Å². The fourth-order valence-electron chi connectivity index (χ4n) is 0.706. The molecule has 0 unspecified atom stereocenters. The molecule has 0 amide bonds. The van der Waals surface area contributed by atoms with E-state index in [4.69, 9.17) is 6.57 Å². The van der Waals surface area contributed by atoms with Gasteiger partial charge in [-0.15, -0.1) is 11.8 Å². The predicted molar refractivity (Wildman–Crippen MR) is 43.4 cm³/mol. The SMILES string of the molecule is [C-]#[N+]CCCCCC#CC. The summed E-state index contributed by atoms with van der Waals surface area (Å²) in [6.45, 7) is 9.06. The van der Waals surface area contributed by atoms with Crippen molar-refractivity contribution >= 4 is 0 Å². The lowest BCUT2D eigenvalue weighted by Gasteiger charge is -1.88. The summed E-state index contributed by atoms with van der Waals surface area (Å²) >= 11 is 0. The lowest BCUT2D eigenvalue weighted by Crippen LogP contribution is -1.78. The zero-order chi connectivity index (χ0) is 7.66. The fourth-order valence-corrected chi connectivity index (χ4v) is 0.706. The van der Waals surface area contributed by atoms with Crippen LogP contribution >= 0.6 is 0 Å². The highest BCUT2D eigenvalue weighted by atomic mass is 14.6. The van der Waals surface area contributed by atoms with Crippen LogP contribution in [0.2, 0.25) is 0 Å². The van der Waals surface area contributed by atoms with Crippen LogP contribution in [-0.4, -0.2) is 6.54 Å². The quantitative estimate of drug-likeness (QED) is 0.317. The maximum Gasteiger partial charge on any atom is 0.214 e. The molecule has 0 aromatic rings. The summed E-state index contributed by atoms with van der Waals surface area (Å²) in [4.78, 5) is 3.27. The third kappa shape index (κ3) is 7.05. The zero-order valence-electron chi connectivity index (χ0n) is 6.48. The molecule has 0 saturated carbocycles. The molecular formula is C9H13N. The first-order valence-electron chi connectivity index (χ1n) is 3.64. The van der Waals surface area contributed by atoms with Crippen molar-refractivity contribution in [2.45, 2.75) is 32.6 Å². The fraction of sp³-hybridized carbons (Fsp3) is 0.667. The summed E-state index contributed by atoms with van der Waals surface area (Å²) in [7, 11) is 0. The molecule has 1 nitrogen and oxygen atoms in total. The zero-order valence-corrected chi connectivity index (χ0v) is 6.48. The van der Waals surface area contributed by atoms with Crippen molar-refractivity contribution in [1.29, 1.82) is 0 Å². The van der Waals surface area contributed by atoms with E-state index in [2.05, 4.69) is 16.7 Å². The van der Waals surface area contributed by atoms with Gasteiger partial charge in [-0.05, 0) is 19.8 Å². The van der Waals surface area contributed by atoms with Crippen molar-refractivity contribution in [3.63, 3.8) is 0 Å². The van der Waals surface area contributed by atoms with Crippen LogP contribution in [0.3, 0.4) is 0 Å². The minimum atomic E-state index is 0.680. The second kappa shape index (κ2) is 8.05. The van der Waals surface area contributed by atoms with Gasteiger partial charge in [-0.1, -0.05) is 0 Å². The molecule has 1 heteroatoms. The third-order valence-electron chi connectivity index (χ3n) is 1.25. The Kier molecular flexibility index (Phi) is 7.29. The minimum absolute atomic E-state index is 0.680. The predicted octanol–water partition coefficient (Wildman–Crippen LogP) is 2.49. The van der Waals surface area contributed by atoms with Gasteiger partial charge in [-0.2, -0.15) is 0 Å². The number of nitrogens with zero attached hydrogens (tertiary/aromatic N) is 1. The van der Waals surface area contributed by atoms with Crippen molar-refractivity contribution in [3.05, 3.63) is 11.4 Å². The van der Waals surface area contributed by atoms with Crippen molar-refractivity contribution < 1.29 is 0 Å². The summed E-state index contributed by atoms with van der Waals surface area (Å²) in [6, 6.07) is 0. The van der Waals surface area contributed by atoms with Gasteiger partial charge in [0.2, 0.25) is 6.54 Å². The second-order valence-electron chi connectivity index (χ2n) is 2.12. The van der Waals surface area contributed by atoms with Gasteiger partial charge in [0.25, 0.3) is 0 Å². The molecule has 0 radical (unpaired) electrons. The number of unbranched alkanes of at least 4 members (excludes halogenated alkanes) is 3. The van der Waals surface area contributed by atoms with E-state index in [0.717, 1.165) is 25.7 Å². The molecule has 10 heavy (non-hydrogen) atoms. The van der Waals surface area contributed by atoms with Crippen LogP contribution in [0, 0.1) is 18.4 Å². The summed E-state index contributed by atoms with van der Waals surface area (Å²) < 4.78 is 0. The van der Waals surface area contributed by atoms with Crippen LogP contribution in [-0.2, 0) is 0 Å². The molecule has 0 spiro atoms. The first-order chi connectivity index (χ1) is 4.91. The first kappa shape index (κ1) is 9.05. The van der Waals surface area contributed by atoms with E-state index < -0.39 is 0 Å². The average Bonchev–Trinajstić information content (AvgIpc) is 1.97. The molecule has 0 fully saturated rings. The van der Waals surface area contributed by atoms with Crippen LogP contribution in [0.15, 0.2) is 0 Å². The second-order valence-corrected chi connectivity index (χ2v) is 2.12. The Labute approximate surface area is 63.3 Å². The van der Waals surface area contributed by atoms with Gasteiger partial charge in [-0.25, -0.2) is 6.57 Å². The van der Waals surface area contributed by atoms with Crippen LogP contribution in [0.5, 0.6) is 0 Å². The maximum atomic E-state index is 6.52. The molecule has 0 atom stereocenters. The van der Waals surface area contributed by atoms with Gasteiger partial charge < -0.3 is 4.85 Å². The monoisotopic (exact) mass is 135 g/mol. The van der Waals surface area contributed by atoms with Crippen LogP contribution in [0.25, 0.3) is 4.85 Å². The molecule has 0 aliphatic heterocycles. The Morgan fingerprint density at radius 2 is 2.10 bits per heavy atom. The molecule has 0 aromatic heterocycles. The number of hydrogen-bond donors (Lipinski definition) is 0. The van der Waals surface area contributed by atoms with Gasteiger partial charge in [0.15, 0.2) is 0 Å². The topological polar surface area (TPSA) is 4.36 Å². The summed E-state index contributed by atoms with van der Waals surface area (Å²) in [6.07, 6.45) is 4.33. The Morgan fingerprint density at radius 3 is 2.70 bits per heavy atom. The molecule has 0 saturated heterocycles. The molecular weight excluding hydrogens is 122 g/mol. The Bertz CT molecular complexity index is 154. The summed E-state index contributed by atoms with van der Waals surface area (Å²) in [5, 5.41) is 0. The van der Waals surface area contributed by atoms with Crippen LogP contribution < -0.4 is 0 Å². The molecule has 54 valence electrons. The van der Waals surface area contributed by atoms with Crippen LogP contribution in [0.4, 0.5) is 0 Å². The van der Waals surface area contributed by atoms with E-state index in [0.29, 0.717) is 6.54 Å².